The van der Waals surface area contributed by atoms with Gasteiger partial charge in [0, 0.05) is 6.20 Å². The Balaban J connectivity index is 2.68. The van der Waals surface area contributed by atoms with Gasteiger partial charge in [-0.3, -0.25) is 4.79 Å². The van der Waals surface area contributed by atoms with Gasteiger partial charge in [0.2, 0.25) is 5.91 Å². The third-order valence-corrected chi connectivity index (χ3v) is 1.67. The second kappa shape index (κ2) is 2.34. The topological polar surface area (TPSA) is 60.4 Å². The van der Waals surface area contributed by atoms with Crippen molar-refractivity contribution in [2.24, 2.45) is 5.73 Å². The summed E-state index contributed by atoms with van der Waals surface area (Å²) in [6.45, 7) is 0. The standard InChI is InChI=1S/C8H7N3O/c9-8(12)6-4-7-2-1-3-11(7)10-5-6/h1-5H,(H2,9,12). The van der Waals surface area contributed by atoms with Gasteiger partial charge in [0.15, 0.2) is 0 Å². The minimum absolute atomic E-state index is 0.432. The number of aromatic nitrogens is 2. The van der Waals surface area contributed by atoms with E-state index in [2.05, 4.69) is 5.10 Å². The summed E-state index contributed by atoms with van der Waals surface area (Å²) in [6, 6.07) is 5.42. The largest absolute Gasteiger partial charge is 0.366 e. The molecule has 0 aromatic carbocycles. The summed E-state index contributed by atoms with van der Waals surface area (Å²) in [5.74, 6) is -0.453. The lowest BCUT2D eigenvalue weighted by atomic mass is 10.3. The van der Waals surface area contributed by atoms with E-state index in [0.29, 0.717) is 5.56 Å². The molecule has 0 radical (unpaired) electrons. The number of carbonyl (C=O) groups is 1. The number of nitrogens with zero attached hydrogens (tertiary/aromatic N) is 2. The fourth-order valence-corrected chi connectivity index (χ4v) is 1.06. The number of primary amides is 1. The molecule has 2 N–H and O–H groups in total. The molecule has 0 aliphatic carbocycles. The zero-order valence-electron chi connectivity index (χ0n) is 6.27. The first-order chi connectivity index (χ1) is 5.77. The molecular formula is C8H7N3O. The molecule has 0 atom stereocenters. The smallest absolute Gasteiger partial charge is 0.250 e. The summed E-state index contributed by atoms with van der Waals surface area (Å²) < 4.78 is 1.67. The molecule has 0 unspecified atom stereocenters. The Morgan fingerprint density at radius 3 is 3.17 bits per heavy atom. The maximum absolute atomic E-state index is 10.7. The van der Waals surface area contributed by atoms with Crippen LogP contribution in [0.4, 0.5) is 0 Å². The van der Waals surface area contributed by atoms with Crippen molar-refractivity contribution in [1.82, 2.24) is 9.61 Å². The van der Waals surface area contributed by atoms with E-state index in [9.17, 15) is 4.79 Å². The van der Waals surface area contributed by atoms with Gasteiger partial charge in [-0.05, 0) is 18.2 Å². The van der Waals surface area contributed by atoms with E-state index < -0.39 is 5.91 Å². The minimum Gasteiger partial charge on any atom is -0.366 e. The van der Waals surface area contributed by atoms with Crippen LogP contribution >= 0.6 is 0 Å². The van der Waals surface area contributed by atoms with Gasteiger partial charge in [0.05, 0.1) is 17.3 Å². The third kappa shape index (κ3) is 0.934. The van der Waals surface area contributed by atoms with Gasteiger partial charge < -0.3 is 5.73 Å². The average molecular weight is 161 g/mol. The molecule has 0 saturated heterocycles. The van der Waals surface area contributed by atoms with E-state index >= 15 is 0 Å². The molecule has 12 heavy (non-hydrogen) atoms. The highest BCUT2D eigenvalue weighted by Crippen LogP contribution is 2.04. The van der Waals surface area contributed by atoms with Gasteiger partial charge in [-0.15, -0.1) is 0 Å². The maximum Gasteiger partial charge on any atom is 0.250 e. The highest BCUT2D eigenvalue weighted by atomic mass is 16.1. The normalized spacial score (nSPS) is 10.3. The first-order valence-electron chi connectivity index (χ1n) is 3.50. The predicted molar refractivity (Wildman–Crippen MR) is 43.7 cm³/mol. The molecule has 0 fully saturated rings. The molecule has 2 rings (SSSR count). The average Bonchev–Trinajstić information content (AvgIpc) is 2.49. The van der Waals surface area contributed by atoms with Crippen molar-refractivity contribution >= 4 is 11.4 Å². The minimum atomic E-state index is -0.453. The zero-order chi connectivity index (χ0) is 8.55. The van der Waals surface area contributed by atoms with Gasteiger partial charge in [-0.1, -0.05) is 0 Å². The molecule has 2 heterocycles. The number of amides is 1. The highest BCUT2D eigenvalue weighted by molar-refractivity contribution is 5.93. The number of nitrogens with two attached hydrogens (primary N) is 1. The first-order valence-corrected chi connectivity index (χ1v) is 3.50. The Hall–Kier alpha value is -1.84. The molecule has 4 heteroatoms. The van der Waals surface area contributed by atoms with Crippen molar-refractivity contribution in [1.29, 1.82) is 0 Å². The number of hydrogen-bond donors (Lipinski definition) is 1. The Morgan fingerprint density at radius 1 is 1.58 bits per heavy atom. The summed E-state index contributed by atoms with van der Waals surface area (Å²) in [7, 11) is 0. The second-order valence-corrected chi connectivity index (χ2v) is 2.49. The fourth-order valence-electron chi connectivity index (χ4n) is 1.06. The summed E-state index contributed by atoms with van der Waals surface area (Å²) >= 11 is 0. The van der Waals surface area contributed by atoms with Gasteiger partial charge in [0.1, 0.15) is 0 Å². The van der Waals surface area contributed by atoms with Crippen LogP contribution in [0.1, 0.15) is 10.4 Å². The van der Waals surface area contributed by atoms with Crippen molar-refractivity contribution in [3.63, 3.8) is 0 Å². The second-order valence-electron chi connectivity index (χ2n) is 2.49. The summed E-state index contributed by atoms with van der Waals surface area (Å²) in [4.78, 5) is 10.7. The Bertz CT molecular complexity index is 433. The van der Waals surface area contributed by atoms with Crippen LogP contribution in [-0.2, 0) is 0 Å². The van der Waals surface area contributed by atoms with Gasteiger partial charge in [0.25, 0.3) is 0 Å². The Labute approximate surface area is 68.6 Å². The molecule has 0 aliphatic heterocycles. The molecule has 1 amide bonds. The van der Waals surface area contributed by atoms with E-state index in [4.69, 9.17) is 5.73 Å². The molecule has 4 nitrogen and oxygen atoms in total. The van der Waals surface area contributed by atoms with Gasteiger partial charge in [-0.2, -0.15) is 5.10 Å². The van der Waals surface area contributed by atoms with Crippen LogP contribution in [0.5, 0.6) is 0 Å². The molecule has 2 aromatic rings. The molecule has 60 valence electrons. The van der Waals surface area contributed by atoms with Crippen LogP contribution in [0.15, 0.2) is 30.6 Å². The molecule has 0 aliphatic rings. The van der Waals surface area contributed by atoms with Crippen LogP contribution in [0, 0.1) is 0 Å². The Kier molecular flexibility index (Phi) is 1.33. The highest BCUT2D eigenvalue weighted by Gasteiger charge is 2.01. The first kappa shape index (κ1) is 6.84. The van der Waals surface area contributed by atoms with Crippen LogP contribution in [-0.4, -0.2) is 15.5 Å². The van der Waals surface area contributed by atoms with Crippen LogP contribution in [0.3, 0.4) is 0 Å². The third-order valence-electron chi connectivity index (χ3n) is 1.67. The summed E-state index contributed by atoms with van der Waals surface area (Å²) in [6.07, 6.45) is 3.26. The van der Waals surface area contributed by atoms with Crippen molar-refractivity contribution in [3.05, 3.63) is 36.2 Å². The molecule has 0 bridgehead atoms. The monoisotopic (exact) mass is 161 g/mol. The van der Waals surface area contributed by atoms with E-state index in [1.807, 2.05) is 12.1 Å². The molecule has 2 aromatic heterocycles. The lowest BCUT2D eigenvalue weighted by Crippen LogP contribution is -2.11. The Morgan fingerprint density at radius 2 is 2.42 bits per heavy atom. The van der Waals surface area contributed by atoms with E-state index in [1.165, 1.54) is 6.20 Å². The fraction of sp³-hybridized carbons (Fsp3) is 0. The van der Waals surface area contributed by atoms with Crippen molar-refractivity contribution in [3.8, 4) is 0 Å². The summed E-state index contributed by atoms with van der Waals surface area (Å²) in [5, 5.41) is 3.98. The lowest BCUT2D eigenvalue weighted by molar-refractivity contribution is 0.1000. The van der Waals surface area contributed by atoms with Crippen LogP contribution < -0.4 is 5.73 Å². The predicted octanol–water partition coefficient (Wildman–Crippen LogP) is 0.433. The number of carbonyl (C=O) groups excluding carboxylic acids is 1. The van der Waals surface area contributed by atoms with E-state index in [1.54, 1.807) is 16.8 Å². The van der Waals surface area contributed by atoms with Crippen molar-refractivity contribution in [2.45, 2.75) is 0 Å². The molecule has 0 spiro atoms. The van der Waals surface area contributed by atoms with Crippen molar-refractivity contribution in [2.75, 3.05) is 0 Å². The van der Waals surface area contributed by atoms with Crippen LogP contribution in [0.2, 0.25) is 0 Å². The van der Waals surface area contributed by atoms with Crippen molar-refractivity contribution < 1.29 is 4.79 Å². The molecular weight excluding hydrogens is 154 g/mol. The quantitative estimate of drug-likeness (QED) is 0.659. The maximum atomic E-state index is 10.7. The molecule has 0 saturated carbocycles. The van der Waals surface area contributed by atoms with E-state index in [-0.39, 0.29) is 0 Å². The summed E-state index contributed by atoms with van der Waals surface area (Å²) in [5.41, 5.74) is 6.38. The lowest BCUT2D eigenvalue weighted by Gasteiger charge is -1.95. The van der Waals surface area contributed by atoms with Gasteiger partial charge >= 0.3 is 0 Å². The van der Waals surface area contributed by atoms with E-state index in [0.717, 1.165) is 5.52 Å². The number of fused-ring (bicyclic) bond motifs is 1. The number of rotatable bonds is 1. The zero-order valence-corrected chi connectivity index (χ0v) is 6.27. The van der Waals surface area contributed by atoms with Crippen LogP contribution in [0.25, 0.3) is 5.52 Å². The number of hydrogen-bond acceptors (Lipinski definition) is 2. The van der Waals surface area contributed by atoms with Gasteiger partial charge in [-0.25, -0.2) is 4.52 Å². The SMILES string of the molecule is NC(=O)c1cnn2cccc2c1.